The molecule has 31 heavy (non-hydrogen) atoms. The number of hydrogen-bond acceptors (Lipinski definition) is 6. The van der Waals surface area contributed by atoms with Crippen molar-refractivity contribution in [3.63, 3.8) is 0 Å². The first kappa shape index (κ1) is 22.0. The number of nitrogens with one attached hydrogen (secondary N) is 1. The summed E-state index contributed by atoms with van der Waals surface area (Å²) in [5.74, 6) is 0.557. The Morgan fingerprint density at radius 3 is 2.19 bits per heavy atom. The minimum Gasteiger partial charge on any atom is -0.497 e. The number of nitro groups is 1. The molecule has 0 amide bonds. The van der Waals surface area contributed by atoms with Crippen LogP contribution < -0.4 is 10.1 Å². The first-order chi connectivity index (χ1) is 15.0. The molecule has 2 atom stereocenters. The third-order valence-electron chi connectivity index (χ3n) is 4.85. The number of rotatable bonds is 10. The van der Waals surface area contributed by atoms with Crippen LogP contribution in [0.25, 0.3) is 0 Å². The molecule has 3 aromatic rings. The summed E-state index contributed by atoms with van der Waals surface area (Å²) in [6.45, 7) is 1.74. The molecule has 0 bridgehead atoms. The molecule has 3 rings (SSSR count). The molecule has 0 spiro atoms. The number of Topliss-reactive ketones (excluding diaryl/α,β-unsaturated/α-hetero) is 1. The fourth-order valence-electron chi connectivity index (χ4n) is 3.21. The molecule has 7 nitrogen and oxygen atoms in total. The lowest BCUT2D eigenvalue weighted by Gasteiger charge is -2.28. The molecule has 0 aliphatic rings. The Morgan fingerprint density at radius 2 is 1.65 bits per heavy atom. The van der Waals surface area contributed by atoms with Gasteiger partial charge >= 0.3 is 0 Å². The van der Waals surface area contributed by atoms with Crippen molar-refractivity contribution in [2.75, 3.05) is 12.4 Å². The van der Waals surface area contributed by atoms with Gasteiger partial charge in [0.25, 0.3) is 5.69 Å². The van der Waals surface area contributed by atoms with E-state index in [0.29, 0.717) is 11.3 Å². The van der Waals surface area contributed by atoms with Gasteiger partial charge in [0.2, 0.25) is 0 Å². The molecular formula is C24H24N2O5. The van der Waals surface area contributed by atoms with Crippen molar-refractivity contribution < 1.29 is 19.2 Å². The van der Waals surface area contributed by atoms with E-state index in [4.69, 9.17) is 9.47 Å². The van der Waals surface area contributed by atoms with E-state index in [9.17, 15) is 14.9 Å². The molecule has 0 fully saturated rings. The highest BCUT2D eigenvalue weighted by Gasteiger charge is 2.29. The van der Waals surface area contributed by atoms with Gasteiger partial charge in [-0.05, 0) is 42.3 Å². The maximum Gasteiger partial charge on any atom is 0.269 e. The van der Waals surface area contributed by atoms with Crippen molar-refractivity contribution in [1.29, 1.82) is 0 Å². The lowest BCUT2D eigenvalue weighted by atomic mass is 9.97. The molecule has 160 valence electrons. The van der Waals surface area contributed by atoms with Crippen LogP contribution in [-0.2, 0) is 16.1 Å². The number of carbonyl (C=O) groups is 1. The second-order valence-corrected chi connectivity index (χ2v) is 7.03. The van der Waals surface area contributed by atoms with Gasteiger partial charge in [0.1, 0.15) is 11.9 Å². The van der Waals surface area contributed by atoms with Gasteiger partial charge in [0.05, 0.1) is 24.7 Å². The van der Waals surface area contributed by atoms with Crippen LogP contribution in [0.15, 0.2) is 78.9 Å². The summed E-state index contributed by atoms with van der Waals surface area (Å²) in [5, 5.41) is 14.4. The summed E-state index contributed by atoms with van der Waals surface area (Å²) < 4.78 is 11.2. The number of hydrogen-bond donors (Lipinski definition) is 1. The Hall–Kier alpha value is -3.71. The van der Waals surface area contributed by atoms with E-state index < -0.39 is 17.1 Å². The zero-order chi connectivity index (χ0) is 22.2. The van der Waals surface area contributed by atoms with Crippen LogP contribution in [0.2, 0.25) is 0 Å². The largest absolute Gasteiger partial charge is 0.497 e. The van der Waals surface area contributed by atoms with E-state index in [1.54, 1.807) is 19.2 Å². The molecule has 0 saturated heterocycles. The normalized spacial score (nSPS) is 12.6. The standard InChI is InChI=1S/C24H24N2O5/c1-17(27)24(31-16-18-6-4-3-5-7-18)23(19-8-12-21(13-9-19)26(28)29)25-20-10-14-22(30-2)15-11-20/h3-15,23-25H,16H2,1-2H3/t23-,24+/m1/s1. The highest BCUT2D eigenvalue weighted by molar-refractivity contribution is 5.82. The number of methoxy groups -OCH3 is 1. The predicted molar refractivity (Wildman–Crippen MR) is 118 cm³/mol. The number of benzene rings is 3. The van der Waals surface area contributed by atoms with Crippen LogP contribution in [-0.4, -0.2) is 23.9 Å². The Balaban J connectivity index is 1.90. The molecule has 7 heteroatoms. The third-order valence-corrected chi connectivity index (χ3v) is 4.85. The van der Waals surface area contributed by atoms with E-state index in [1.165, 1.54) is 19.1 Å². The first-order valence-corrected chi connectivity index (χ1v) is 9.79. The lowest BCUT2D eigenvalue weighted by molar-refractivity contribution is -0.384. The lowest BCUT2D eigenvalue weighted by Crippen LogP contribution is -2.34. The van der Waals surface area contributed by atoms with E-state index in [2.05, 4.69) is 5.32 Å². The Morgan fingerprint density at radius 1 is 1.00 bits per heavy atom. The van der Waals surface area contributed by atoms with Gasteiger partial charge < -0.3 is 14.8 Å². The summed E-state index contributed by atoms with van der Waals surface area (Å²) >= 11 is 0. The topological polar surface area (TPSA) is 90.7 Å². The quantitative estimate of drug-likeness (QED) is 0.369. The van der Waals surface area contributed by atoms with E-state index in [-0.39, 0.29) is 18.1 Å². The molecule has 0 saturated carbocycles. The van der Waals surface area contributed by atoms with E-state index >= 15 is 0 Å². The number of carbonyl (C=O) groups excluding carboxylic acids is 1. The number of nitrogens with zero attached hydrogens (tertiary/aromatic N) is 1. The van der Waals surface area contributed by atoms with Crippen LogP contribution >= 0.6 is 0 Å². The average Bonchev–Trinajstić information content (AvgIpc) is 2.79. The molecule has 0 radical (unpaired) electrons. The zero-order valence-electron chi connectivity index (χ0n) is 17.4. The molecule has 0 aromatic heterocycles. The molecule has 3 aromatic carbocycles. The summed E-state index contributed by atoms with van der Waals surface area (Å²) in [7, 11) is 1.59. The Bertz CT molecular complexity index is 1000. The molecule has 0 unspecified atom stereocenters. The number of non-ortho nitro benzene ring substituents is 1. The smallest absolute Gasteiger partial charge is 0.269 e. The minimum absolute atomic E-state index is 0.0171. The van der Waals surface area contributed by atoms with Crippen LogP contribution in [0.3, 0.4) is 0 Å². The molecular weight excluding hydrogens is 396 g/mol. The number of ketones is 1. The van der Waals surface area contributed by atoms with E-state index in [0.717, 1.165) is 11.3 Å². The van der Waals surface area contributed by atoms with Crippen molar-refractivity contribution in [3.05, 3.63) is 100 Å². The highest BCUT2D eigenvalue weighted by atomic mass is 16.6. The second-order valence-electron chi connectivity index (χ2n) is 7.03. The van der Waals surface area contributed by atoms with Crippen LogP contribution in [0.4, 0.5) is 11.4 Å². The van der Waals surface area contributed by atoms with Gasteiger partial charge in [0, 0.05) is 17.8 Å². The van der Waals surface area contributed by atoms with Gasteiger partial charge in [-0.25, -0.2) is 0 Å². The van der Waals surface area contributed by atoms with Gasteiger partial charge in [-0.3, -0.25) is 14.9 Å². The van der Waals surface area contributed by atoms with E-state index in [1.807, 2.05) is 54.6 Å². The fourth-order valence-corrected chi connectivity index (χ4v) is 3.21. The van der Waals surface area contributed by atoms with Crippen LogP contribution in [0.1, 0.15) is 24.1 Å². The van der Waals surface area contributed by atoms with Crippen LogP contribution in [0.5, 0.6) is 5.75 Å². The number of ether oxygens (including phenoxy) is 2. The van der Waals surface area contributed by atoms with Crippen molar-refractivity contribution >= 4 is 17.2 Å². The van der Waals surface area contributed by atoms with Crippen molar-refractivity contribution in [1.82, 2.24) is 0 Å². The number of anilines is 1. The summed E-state index contributed by atoms with van der Waals surface area (Å²) in [4.78, 5) is 23.1. The monoisotopic (exact) mass is 420 g/mol. The fraction of sp³-hybridized carbons (Fsp3) is 0.208. The van der Waals surface area contributed by atoms with Crippen molar-refractivity contribution in [2.45, 2.75) is 25.7 Å². The second kappa shape index (κ2) is 10.4. The Labute approximate surface area is 180 Å². The summed E-state index contributed by atoms with van der Waals surface area (Å²) in [6, 6.07) is 22.5. The summed E-state index contributed by atoms with van der Waals surface area (Å²) in [5.41, 5.74) is 2.39. The maximum absolute atomic E-state index is 12.6. The van der Waals surface area contributed by atoms with Gasteiger partial charge in [-0.15, -0.1) is 0 Å². The van der Waals surface area contributed by atoms with Crippen LogP contribution in [0, 0.1) is 10.1 Å². The zero-order valence-corrected chi connectivity index (χ0v) is 17.4. The molecule has 1 N–H and O–H groups in total. The molecule has 0 aliphatic carbocycles. The summed E-state index contributed by atoms with van der Waals surface area (Å²) in [6.07, 6.45) is -0.802. The minimum atomic E-state index is -0.802. The Kier molecular flexibility index (Phi) is 7.35. The van der Waals surface area contributed by atoms with Gasteiger partial charge in [-0.1, -0.05) is 42.5 Å². The third kappa shape index (κ3) is 5.90. The van der Waals surface area contributed by atoms with Gasteiger partial charge in [-0.2, -0.15) is 0 Å². The van der Waals surface area contributed by atoms with Gasteiger partial charge in [0.15, 0.2) is 5.78 Å². The molecule has 0 heterocycles. The number of nitro benzene ring substituents is 1. The average molecular weight is 420 g/mol. The maximum atomic E-state index is 12.6. The molecule has 0 aliphatic heterocycles. The SMILES string of the molecule is COc1ccc(N[C@H](c2ccc([N+](=O)[O-])cc2)[C@@H](OCc2ccccc2)C(C)=O)cc1. The van der Waals surface area contributed by atoms with Crippen molar-refractivity contribution in [2.24, 2.45) is 0 Å². The van der Waals surface area contributed by atoms with Crippen molar-refractivity contribution in [3.8, 4) is 5.75 Å². The first-order valence-electron chi connectivity index (χ1n) is 9.79. The predicted octanol–water partition coefficient (Wildman–Crippen LogP) is 4.93. The highest BCUT2D eigenvalue weighted by Crippen LogP contribution is 2.28.